The summed E-state index contributed by atoms with van der Waals surface area (Å²) < 4.78 is 5.58. The molecule has 1 aliphatic rings. The molecule has 5 heteroatoms. The van der Waals surface area contributed by atoms with Crippen molar-refractivity contribution in [2.24, 2.45) is 0 Å². The monoisotopic (exact) mass is 284 g/mol. The Hall–Kier alpha value is -2.30. The van der Waals surface area contributed by atoms with Crippen LogP contribution in [0.25, 0.3) is 0 Å². The fourth-order valence-electron chi connectivity index (χ4n) is 2.29. The molecule has 0 saturated heterocycles. The molecule has 0 amide bonds. The van der Waals surface area contributed by atoms with Crippen LogP contribution in [0.4, 0.5) is 11.6 Å². The second-order valence-electron chi connectivity index (χ2n) is 5.32. The van der Waals surface area contributed by atoms with Gasteiger partial charge >= 0.3 is 0 Å². The lowest BCUT2D eigenvalue weighted by Gasteiger charge is -2.26. The predicted octanol–water partition coefficient (Wildman–Crippen LogP) is 2.27. The molecule has 1 aliphatic heterocycles. The molecule has 0 fully saturated rings. The van der Waals surface area contributed by atoms with Crippen molar-refractivity contribution in [3.8, 4) is 5.88 Å². The van der Waals surface area contributed by atoms with E-state index in [0.717, 1.165) is 25.2 Å². The van der Waals surface area contributed by atoms with Crippen LogP contribution in [0.15, 0.2) is 30.5 Å². The Kier molecular flexibility index (Phi) is 3.90. The van der Waals surface area contributed by atoms with Crippen LogP contribution in [0.3, 0.4) is 0 Å². The Balaban J connectivity index is 1.59. The van der Waals surface area contributed by atoms with E-state index < -0.39 is 0 Å². The Labute approximate surface area is 125 Å². The van der Waals surface area contributed by atoms with Crippen molar-refractivity contribution in [3.63, 3.8) is 0 Å². The highest BCUT2D eigenvalue weighted by Crippen LogP contribution is 2.28. The first kappa shape index (κ1) is 13.7. The zero-order chi connectivity index (χ0) is 14.7. The molecule has 110 valence electrons. The fourth-order valence-corrected chi connectivity index (χ4v) is 2.29. The standard InChI is InChI=1S/C16H20N4O/c1-12-3-5-13(6-4-12)7-8-17-16-18-11-14-15(19-16)21-10-9-20(14)2/h3-6,11H,7-10H2,1-2H3,(H,17,18,19). The SMILES string of the molecule is Cc1ccc(CCNc2ncc3c(n2)OCCN3C)cc1. The van der Waals surface area contributed by atoms with Gasteiger partial charge in [0.2, 0.25) is 11.8 Å². The number of aromatic nitrogens is 2. The molecule has 0 spiro atoms. The lowest BCUT2D eigenvalue weighted by molar-refractivity contribution is 0.298. The highest BCUT2D eigenvalue weighted by atomic mass is 16.5. The molecule has 0 aliphatic carbocycles. The number of anilines is 2. The molecule has 21 heavy (non-hydrogen) atoms. The number of hydrogen-bond donors (Lipinski definition) is 1. The van der Waals surface area contributed by atoms with E-state index in [1.165, 1.54) is 11.1 Å². The Morgan fingerprint density at radius 2 is 2.10 bits per heavy atom. The van der Waals surface area contributed by atoms with Crippen molar-refractivity contribution in [2.45, 2.75) is 13.3 Å². The normalized spacial score (nSPS) is 13.5. The van der Waals surface area contributed by atoms with Crippen LogP contribution in [0.2, 0.25) is 0 Å². The summed E-state index contributed by atoms with van der Waals surface area (Å²) in [6.45, 7) is 4.44. The number of rotatable bonds is 4. The third-order valence-electron chi connectivity index (χ3n) is 3.63. The summed E-state index contributed by atoms with van der Waals surface area (Å²) in [6.07, 6.45) is 2.76. The smallest absolute Gasteiger partial charge is 0.242 e. The molecule has 2 heterocycles. The van der Waals surface area contributed by atoms with E-state index in [1.54, 1.807) is 0 Å². The first-order chi connectivity index (χ1) is 10.2. The molecule has 1 aromatic carbocycles. The number of aryl methyl sites for hydroxylation is 1. The van der Waals surface area contributed by atoms with Gasteiger partial charge in [-0.05, 0) is 18.9 Å². The van der Waals surface area contributed by atoms with E-state index in [9.17, 15) is 0 Å². The molecule has 0 unspecified atom stereocenters. The van der Waals surface area contributed by atoms with Gasteiger partial charge in [0.1, 0.15) is 12.3 Å². The highest BCUT2D eigenvalue weighted by Gasteiger charge is 2.17. The average molecular weight is 284 g/mol. The summed E-state index contributed by atoms with van der Waals surface area (Å²) in [5.41, 5.74) is 3.54. The summed E-state index contributed by atoms with van der Waals surface area (Å²) in [6, 6.07) is 8.58. The summed E-state index contributed by atoms with van der Waals surface area (Å²) in [4.78, 5) is 10.9. The lowest BCUT2D eigenvalue weighted by Crippen LogP contribution is -2.29. The highest BCUT2D eigenvalue weighted by molar-refractivity contribution is 5.56. The maximum absolute atomic E-state index is 5.58. The van der Waals surface area contributed by atoms with Gasteiger partial charge in [0.25, 0.3) is 0 Å². The van der Waals surface area contributed by atoms with Crippen LogP contribution in [0, 0.1) is 6.92 Å². The molecular weight excluding hydrogens is 264 g/mol. The molecule has 0 saturated carbocycles. The van der Waals surface area contributed by atoms with E-state index in [-0.39, 0.29) is 0 Å². The molecule has 1 N–H and O–H groups in total. The minimum atomic E-state index is 0.621. The number of likely N-dealkylation sites (N-methyl/N-ethyl adjacent to an activating group) is 1. The van der Waals surface area contributed by atoms with Gasteiger partial charge in [-0.15, -0.1) is 0 Å². The van der Waals surface area contributed by atoms with E-state index >= 15 is 0 Å². The van der Waals surface area contributed by atoms with Crippen LogP contribution in [-0.4, -0.2) is 36.7 Å². The Bertz CT molecular complexity index is 612. The van der Waals surface area contributed by atoms with Gasteiger partial charge in [0.05, 0.1) is 12.7 Å². The van der Waals surface area contributed by atoms with Crippen molar-refractivity contribution >= 4 is 11.6 Å². The second-order valence-corrected chi connectivity index (χ2v) is 5.32. The van der Waals surface area contributed by atoms with Gasteiger partial charge in [-0.2, -0.15) is 4.98 Å². The average Bonchev–Trinajstić information content (AvgIpc) is 2.49. The number of hydrogen-bond acceptors (Lipinski definition) is 5. The fraction of sp³-hybridized carbons (Fsp3) is 0.375. The minimum absolute atomic E-state index is 0.621. The van der Waals surface area contributed by atoms with Gasteiger partial charge in [0.15, 0.2) is 0 Å². The minimum Gasteiger partial charge on any atom is -0.474 e. The summed E-state index contributed by atoms with van der Waals surface area (Å²) in [5, 5.41) is 3.25. The number of fused-ring (bicyclic) bond motifs is 1. The van der Waals surface area contributed by atoms with E-state index in [0.29, 0.717) is 18.4 Å². The summed E-state index contributed by atoms with van der Waals surface area (Å²) in [7, 11) is 2.02. The number of ether oxygens (including phenoxy) is 1. The van der Waals surface area contributed by atoms with E-state index in [1.807, 2.05) is 13.2 Å². The van der Waals surface area contributed by atoms with Crippen LogP contribution in [0.1, 0.15) is 11.1 Å². The van der Waals surface area contributed by atoms with Gasteiger partial charge in [-0.3, -0.25) is 0 Å². The topological polar surface area (TPSA) is 50.3 Å². The summed E-state index contributed by atoms with van der Waals surface area (Å²) in [5.74, 6) is 1.28. The molecule has 5 nitrogen and oxygen atoms in total. The molecule has 0 radical (unpaired) electrons. The third-order valence-corrected chi connectivity index (χ3v) is 3.63. The molecule has 3 rings (SSSR count). The third kappa shape index (κ3) is 3.24. The maximum Gasteiger partial charge on any atom is 0.242 e. The van der Waals surface area contributed by atoms with Crippen molar-refractivity contribution in [3.05, 3.63) is 41.6 Å². The van der Waals surface area contributed by atoms with Crippen molar-refractivity contribution in [1.82, 2.24) is 9.97 Å². The Morgan fingerprint density at radius 3 is 2.90 bits per heavy atom. The zero-order valence-electron chi connectivity index (χ0n) is 12.5. The van der Waals surface area contributed by atoms with Gasteiger partial charge in [-0.25, -0.2) is 4.98 Å². The van der Waals surface area contributed by atoms with E-state index in [4.69, 9.17) is 4.74 Å². The van der Waals surface area contributed by atoms with Crippen molar-refractivity contribution < 1.29 is 4.74 Å². The number of nitrogens with zero attached hydrogens (tertiary/aromatic N) is 3. The molecular formula is C16H20N4O. The maximum atomic E-state index is 5.58. The first-order valence-electron chi connectivity index (χ1n) is 7.23. The predicted molar refractivity (Wildman–Crippen MR) is 84.2 cm³/mol. The number of benzene rings is 1. The Morgan fingerprint density at radius 1 is 1.29 bits per heavy atom. The van der Waals surface area contributed by atoms with Gasteiger partial charge in [-0.1, -0.05) is 29.8 Å². The molecule has 0 bridgehead atoms. The molecule has 0 atom stereocenters. The van der Waals surface area contributed by atoms with Gasteiger partial charge < -0.3 is 15.0 Å². The lowest BCUT2D eigenvalue weighted by atomic mass is 10.1. The number of nitrogens with one attached hydrogen (secondary N) is 1. The van der Waals surface area contributed by atoms with Gasteiger partial charge in [0, 0.05) is 13.6 Å². The van der Waals surface area contributed by atoms with Crippen LogP contribution >= 0.6 is 0 Å². The van der Waals surface area contributed by atoms with Crippen LogP contribution < -0.4 is 15.0 Å². The second kappa shape index (κ2) is 5.99. The van der Waals surface area contributed by atoms with Crippen LogP contribution in [-0.2, 0) is 6.42 Å². The molecule has 1 aromatic heterocycles. The zero-order valence-corrected chi connectivity index (χ0v) is 12.5. The van der Waals surface area contributed by atoms with E-state index in [2.05, 4.69) is 51.4 Å². The largest absolute Gasteiger partial charge is 0.474 e. The first-order valence-corrected chi connectivity index (χ1v) is 7.23. The summed E-state index contributed by atoms with van der Waals surface area (Å²) >= 11 is 0. The molecule has 2 aromatic rings. The van der Waals surface area contributed by atoms with Crippen molar-refractivity contribution in [1.29, 1.82) is 0 Å². The quantitative estimate of drug-likeness (QED) is 0.933. The van der Waals surface area contributed by atoms with Crippen LogP contribution in [0.5, 0.6) is 5.88 Å². The van der Waals surface area contributed by atoms with Crippen molar-refractivity contribution in [2.75, 3.05) is 37.0 Å².